The maximum atomic E-state index is 13.2. The van der Waals surface area contributed by atoms with Crippen LogP contribution in [0.25, 0.3) is 10.9 Å². The summed E-state index contributed by atoms with van der Waals surface area (Å²) in [4.78, 5) is 22.5. The van der Waals surface area contributed by atoms with Crippen LogP contribution in [0, 0.1) is 0 Å². The van der Waals surface area contributed by atoms with Gasteiger partial charge < -0.3 is 15.2 Å². The van der Waals surface area contributed by atoms with Crippen molar-refractivity contribution >= 4 is 16.8 Å². The predicted octanol–water partition coefficient (Wildman–Crippen LogP) is 4.25. The number of hydrogen-bond acceptors (Lipinski definition) is 3. The van der Waals surface area contributed by atoms with E-state index in [1.807, 2.05) is 23.1 Å². The van der Waals surface area contributed by atoms with Gasteiger partial charge in [0.1, 0.15) is 5.69 Å². The molecule has 3 aromatic rings. The molecule has 0 aliphatic heterocycles. The van der Waals surface area contributed by atoms with Gasteiger partial charge in [0.2, 0.25) is 0 Å². The molecule has 5 heteroatoms. The Morgan fingerprint density at radius 3 is 2.93 bits per heavy atom. The Morgan fingerprint density at radius 1 is 1.29 bits per heavy atom. The summed E-state index contributed by atoms with van der Waals surface area (Å²) >= 11 is 0. The van der Waals surface area contributed by atoms with Gasteiger partial charge >= 0.3 is 0 Å². The number of carbonyl (C=O) groups is 1. The number of aromatic amines is 1. The van der Waals surface area contributed by atoms with Crippen molar-refractivity contribution in [3.63, 3.8) is 0 Å². The summed E-state index contributed by atoms with van der Waals surface area (Å²) in [6.07, 6.45) is 8.65. The zero-order valence-corrected chi connectivity index (χ0v) is 16.2. The highest BCUT2D eigenvalue weighted by Crippen LogP contribution is 2.24. The molecule has 1 aliphatic carbocycles. The molecule has 0 spiro atoms. The first-order valence-electron chi connectivity index (χ1n) is 9.95. The first kappa shape index (κ1) is 18.3. The maximum Gasteiger partial charge on any atom is 0.270 e. The second-order valence-corrected chi connectivity index (χ2v) is 7.24. The summed E-state index contributed by atoms with van der Waals surface area (Å²) in [6, 6.07) is 14.4. The van der Waals surface area contributed by atoms with E-state index in [0.29, 0.717) is 12.2 Å². The predicted molar refractivity (Wildman–Crippen MR) is 112 cm³/mol. The number of H-pyrrole nitrogens is 1. The van der Waals surface area contributed by atoms with Crippen molar-refractivity contribution in [2.45, 2.75) is 38.8 Å². The Hall–Kier alpha value is -3.08. The van der Waals surface area contributed by atoms with Gasteiger partial charge in [-0.3, -0.25) is 9.78 Å². The largest absolute Gasteiger partial charge is 0.384 e. The number of aromatic nitrogens is 2. The number of fused-ring (bicyclic) bond motifs is 1. The van der Waals surface area contributed by atoms with E-state index in [-0.39, 0.29) is 11.9 Å². The van der Waals surface area contributed by atoms with E-state index in [9.17, 15) is 4.79 Å². The van der Waals surface area contributed by atoms with Gasteiger partial charge in [0.05, 0.1) is 0 Å². The molecule has 2 N–H and O–H groups in total. The van der Waals surface area contributed by atoms with Crippen LogP contribution >= 0.6 is 0 Å². The second kappa shape index (κ2) is 8.30. The zero-order chi connectivity index (χ0) is 19.3. The number of amides is 1. The SMILES string of the molecule is CCN(C(=O)c1cc2cnccc2[nH]1)C1CCC=C(NCc2ccccc2)C1. The van der Waals surface area contributed by atoms with Crippen molar-refractivity contribution < 1.29 is 4.79 Å². The van der Waals surface area contributed by atoms with Crippen molar-refractivity contribution in [3.8, 4) is 0 Å². The Labute approximate surface area is 165 Å². The van der Waals surface area contributed by atoms with E-state index in [0.717, 1.165) is 36.7 Å². The van der Waals surface area contributed by atoms with Crippen LogP contribution in [0.3, 0.4) is 0 Å². The Morgan fingerprint density at radius 2 is 2.14 bits per heavy atom. The molecular formula is C23H26N4O. The molecule has 1 aliphatic rings. The zero-order valence-electron chi connectivity index (χ0n) is 16.2. The van der Waals surface area contributed by atoms with Crippen LogP contribution in [0.5, 0.6) is 0 Å². The van der Waals surface area contributed by atoms with Gasteiger partial charge in [0.15, 0.2) is 0 Å². The topological polar surface area (TPSA) is 61.0 Å². The van der Waals surface area contributed by atoms with E-state index in [2.05, 4.69) is 52.5 Å². The summed E-state index contributed by atoms with van der Waals surface area (Å²) in [7, 11) is 0. The van der Waals surface area contributed by atoms with Gasteiger partial charge in [-0.1, -0.05) is 36.4 Å². The van der Waals surface area contributed by atoms with Crippen LogP contribution < -0.4 is 5.32 Å². The monoisotopic (exact) mass is 374 g/mol. The quantitative estimate of drug-likeness (QED) is 0.678. The lowest BCUT2D eigenvalue weighted by molar-refractivity contribution is 0.0669. The third kappa shape index (κ3) is 3.93. The van der Waals surface area contributed by atoms with Crippen molar-refractivity contribution in [2.24, 2.45) is 0 Å². The maximum absolute atomic E-state index is 13.2. The molecule has 1 atom stereocenters. The molecule has 0 saturated heterocycles. The number of rotatable bonds is 6. The number of pyridine rings is 1. The van der Waals surface area contributed by atoms with E-state index >= 15 is 0 Å². The highest BCUT2D eigenvalue weighted by Gasteiger charge is 2.27. The number of benzene rings is 1. The number of hydrogen-bond donors (Lipinski definition) is 2. The van der Waals surface area contributed by atoms with Gasteiger partial charge in [0.25, 0.3) is 5.91 Å². The van der Waals surface area contributed by atoms with Gasteiger partial charge in [-0.15, -0.1) is 0 Å². The molecule has 1 amide bonds. The lowest BCUT2D eigenvalue weighted by Gasteiger charge is -2.34. The van der Waals surface area contributed by atoms with Crippen LogP contribution in [0.15, 0.2) is 66.6 Å². The molecule has 0 radical (unpaired) electrons. The second-order valence-electron chi connectivity index (χ2n) is 7.24. The lowest BCUT2D eigenvalue weighted by Crippen LogP contribution is -2.42. The van der Waals surface area contributed by atoms with Gasteiger partial charge in [0, 0.05) is 54.5 Å². The summed E-state index contributed by atoms with van der Waals surface area (Å²) in [5.74, 6) is 0.0630. The van der Waals surface area contributed by atoms with E-state index in [1.54, 1.807) is 12.4 Å². The molecule has 2 heterocycles. The van der Waals surface area contributed by atoms with Crippen molar-refractivity contribution in [3.05, 3.63) is 77.9 Å². The molecule has 5 nitrogen and oxygen atoms in total. The smallest absolute Gasteiger partial charge is 0.270 e. The van der Waals surface area contributed by atoms with E-state index < -0.39 is 0 Å². The summed E-state index contributed by atoms with van der Waals surface area (Å²) in [5.41, 5.74) is 4.08. The van der Waals surface area contributed by atoms with Crippen molar-refractivity contribution in [1.82, 2.24) is 20.2 Å². The molecule has 2 aromatic heterocycles. The molecule has 0 fully saturated rings. The van der Waals surface area contributed by atoms with Crippen molar-refractivity contribution in [1.29, 1.82) is 0 Å². The van der Waals surface area contributed by atoms with Crippen LogP contribution in [-0.2, 0) is 6.54 Å². The first-order valence-corrected chi connectivity index (χ1v) is 9.95. The van der Waals surface area contributed by atoms with Gasteiger partial charge in [-0.25, -0.2) is 0 Å². The minimum absolute atomic E-state index is 0.0630. The van der Waals surface area contributed by atoms with E-state index in [1.165, 1.54) is 11.3 Å². The summed E-state index contributed by atoms with van der Waals surface area (Å²) in [5, 5.41) is 4.52. The van der Waals surface area contributed by atoms with Crippen LogP contribution in [0.4, 0.5) is 0 Å². The molecule has 28 heavy (non-hydrogen) atoms. The minimum atomic E-state index is 0.0630. The third-order valence-electron chi connectivity index (χ3n) is 5.40. The fourth-order valence-corrected chi connectivity index (χ4v) is 3.92. The van der Waals surface area contributed by atoms with E-state index in [4.69, 9.17) is 0 Å². The van der Waals surface area contributed by atoms with Gasteiger partial charge in [-0.05, 0) is 37.5 Å². The minimum Gasteiger partial charge on any atom is -0.384 e. The molecular weight excluding hydrogens is 348 g/mol. The standard InChI is InChI=1S/C23H26N4O/c1-2-27(23(28)22-13-18-16-24-12-11-21(18)26-22)20-10-6-9-19(14-20)25-15-17-7-4-3-5-8-17/h3-5,7-9,11-13,16,20,25-26H,2,6,10,14-15H2,1H3. The number of nitrogens with zero attached hydrogens (tertiary/aromatic N) is 2. The lowest BCUT2D eigenvalue weighted by atomic mass is 9.96. The van der Waals surface area contributed by atoms with Gasteiger partial charge in [-0.2, -0.15) is 0 Å². The van der Waals surface area contributed by atoms with Crippen LogP contribution in [0.2, 0.25) is 0 Å². The third-order valence-corrected chi connectivity index (χ3v) is 5.40. The molecule has 1 aromatic carbocycles. The Kier molecular flexibility index (Phi) is 5.42. The summed E-state index contributed by atoms with van der Waals surface area (Å²) < 4.78 is 0. The average Bonchev–Trinajstić information content (AvgIpc) is 3.18. The molecule has 1 unspecified atom stereocenters. The first-order chi connectivity index (χ1) is 13.7. The highest BCUT2D eigenvalue weighted by atomic mass is 16.2. The molecule has 4 rings (SSSR count). The molecule has 0 bridgehead atoms. The van der Waals surface area contributed by atoms with Crippen LogP contribution in [-0.4, -0.2) is 33.4 Å². The highest BCUT2D eigenvalue weighted by molar-refractivity contribution is 5.98. The van der Waals surface area contributed by atoms with Crippen LogP contribution in [0.1, 0.15) is 42.2 Å². The fourth-order valence-electron chi connectivity index (χ4n) is 3.92. The number of carbonyl (C=O) groups excluding carboxylic acids is 1. The Balaban J connectivity index is 1.44. The summed E-state index contributed by atoms with van der Waals surface area (Å²) in [6.45, 7) is 3.56. The molecule has 144 valence electrons. The number of allylic oxidation sites excluding steroid dienone is 1. The van der Waals surface area contributed by atoms with Crippen molar-refractivity contribution in [2.75, 3.05) is 6.54 Å². The average molecular weight is 374 g/mol. The molecule has 0 saturated carbocycles. The Bertz CT molecular complexity index is 943. The fraction of sp³-hybridized carbons (Fsp3) is 0.304. The normalized spacial score (nSPS) is 16.6. The number of nitrogens with one attached hydrogen (secondary N) is 2.